The third kappa shape index (κ3) is 2.70. The fraction of sp³-hybridized carbons (Fsp3) is 0.909. The largest absolute Gasteiger partial charge is 0.393 e. The van der Waals surface area contributed by atoms with Crippen molar-refractivity contribution in [2.24, 2.45) is 40.4 Å². The standard InChI is InChI=1S/C22H34N4O2/c1-21-9-7-15(27)11-14(21)3-4-16-17-5-6-19(22(17,2)10-8-18(16)21)20(28)12-26-24-13-23-25-26/h13-19,27H,3-12H2,1-2H3/t14-,15-,16+,17+,18+,19-,21+,22+/m1/s1. The number of nitrogens with zero attached hydrogens (tertiary/aromatic N) is 4. The minimum atomic E-state index is -0.0811. The van der Waals surface area contributed by atoms with Crippen LogP contribution in [0.4, 0.5) is 0 Å². The number of fused-ring (bicyclic) bond motifs is 5. The Morgan fingerprint density at radius 1 is 1.07 bits per heavy atom. The Morgan fingerprint density at radius 2 is 1.86 bits per heavy atom. The maximum absolute atomic E-state index is 13.1. The van der Waals surface area contributed by atoms with Crippen molar-refractivity contribution >= 4 is 5.78 Å². The highest BCUT2D eigenvalue weighted by molar-refractivity contribution is 5.81. The van der Waals surface area contributed by atoms with E-state index >= 15 is 0 Å². The molecule has 0 unspecified atom stereocenters. The summed E-state index contributed by atoms with van der Waals surface area (Å²) in [4.78, 5) is 14.5. The topological polar surface area (TPSA) is 80.9 Å². The summed E-state index contributed by atoms with van der Waals surface area (Å²) in [7, 11) is 0. The third-order valence-corrected chi connectivity index (χ3v) is 9.72. The van der Waals surface area contributed by atoms with Gasteiger partial charge in [0.15, 0.2) is 12.1 Å². The molecular weight excluding hydrogens is 352 g/mol. The third-order valence-electron chi connectivity index (χ3n) is 9.72. The number of hydrogen-bond donors (Lipinski definition) is 1. The van der Waals surface area contributed by atoms with Gasteiger partial charge < -0.3 is 5.11 Å². The number of aliphatic hydroxyl groups is 1. The zero-order chi connectivity index (χ0) is 19.5. The average Bonchev–Trinajstić information content (AvgIpc) is 3.29. The quantitative estimate of drug-likeness (QED) is 0.862. The Balaban J connectivity index is 1.36. The molecule has 0 spiro atoms. The molecule has 0 amide bonds. The fourth-order valence-corrected chi connectivity index (χ4v) is 8.27. The van der Waals surface area contributed by atoms with Gasteiger partial charge in [-0.2, -0.15) is 4.80 Å². The van der Waals surface area contributed by atoms with E-state index in [0.29, 0.717) is 23.0 Å². The van der Waals surface area contributed by atoms with Crippen LogP contribution >= 0.6 is 0 Å². The van der Waals surface area contributed by atoms with Crippen LogP contribution in [0, 0.1) is 40.4 Å². The summed E-state index contributed by atoms with van der Waals surface area (Å²) in [5.41, 5.74) is 0.534. The predicted octanol–water partition coefficient (Wildman–Crippen LogP) is 3.26. The van der Waals surface area contributed by atoms with E-state index in [-0.39, 0.29) is 24.0 Å². The number of hydrogen-bond acceptors (Lipinski definition) is 5. The highest BCUT2D eigenvalue weighted by atomic mass is 16.3. The molecule has 1 N–H and O–H groups in total. The molecule has 0 aromatic carbocycles. The number of carbonyl (C=O) groups excluding carboxylic acids is 1. The van der Waals surface area contributed by atoms with E-state index in [2.05, 4.69) is 29.3 Å². The first-order valence-electron chi connectivity index (χ1n) is 11.3. The van der Waals surface area contributed by atoms with E-state index < -0.39 is 0 Å². The zero-order valence-corrected chi connectivity index (χ0v) is 17.3. The van der Waals surface area contributed by atoms with Gasteiger partial charge >= 0.3 is 0 Å². The van der Waals surface area contributed by atoms with Crippen LogP contribution < -0.4 is 0 Å². The maximum Gasteiger partial charge on any atom is 0.162 e. The molecule has 0 radical (unpaired) electrons. The molecule has 1 aromatic rings. The van der Waals surface area contributed by atoms with E-state index in [1.54, 1.807) is 0 Å². The van der Waals surface area contributed by atoms with Gasteiger partial charge in [0.05, 0.1) is 6.10 Å². The zero-order valence-electron chi connectivity index (χ0n) is 17.3. The Hall–Kier alpha value is -1.30. The van der Waals surface area contributed by atoms with Crippen LogP contribution in [0.1, 0.15) is 71.6 Å². The van der Waals surface area contributed by atoms with Crippen LogP contribution in [0.25, 0.3) is 0 Å². The van der Waals surface area contributed by atoms with Gasteiger partial charge in [-0.05, 0) is 97.5 Å². The van der Waals surface area contributed by atoms with E-state index in [0.717, 1.165) is 31.1 Å². The van der Waals surface area contributed by atoms with Crippen LogP contribution in [0.3, 0.4) is 0 Å². The van der Waals surface area contributed by atoms with Gasteiger partial charge in [0, 0.05) is 5.92 Å². The summed E-state index contributed by atoms with van der Waals surface area (Å²) in [6, 6.07) is 0. The molecule has 4 aliphatic rings. The van der Waals surface area contributed by atoms with Gasteiger partial charge in [-0.1, -0.05) is 13.8 Å². The second-order valence-corrected chi connectivity index (χ2v) is 10.7. The molecule has 1 heterocycles. The molecule has 4 saturated carbocycles. The molecule has 0 bridgehead atoms. The molecule has 4 fully saturated rings. The fourth-order valence-electron chi connectivity index (χ4n) is 8.27. The summed E-state index contributed by atoms with van der Waals surface area (Å²) in [5.74, 6) is 3.35. The summed E-state index contributed by atoms with van der Waals surface area (Å²) in [6.45, 7) is 5.19. The predicted molar refractivity (Wildman–Crippen MR) is 104 cm³/mol. The number of carbonyl (C=O) groups is 1. The molecule has 6 nitrogen and oxygen atoms in total. The van der Waals surface area contributed by atoms with Gasteiger partial charge in [-0.15, -0.1) is 10.2 Å². The van der Waals surface area contributed by atoms with Crippen molar-refractivity contribution in [2.45, 2.75) is 84.3 Å². The first kappa shape index (κ1) is 18.7. The molecular formula is C22H34N4O2. The van der Waals surface area contributed by atoms with Crippen molar-refractivity contribution in [3.8, 4) is 0 Å². The van der Waals surface area contributed by atoms with Crippen molar-refractivity contribution in [3.05, 3.63) is 6.33 Å². The molecule has 0 saturated heterocycles. The highest BCUT2D eigenvalue weighted by Crippen LogP contribution is 2.67. The van der Waals surface area contributed by atoms with Crippen molar-refractivity contribution in [1.29, 1.82) is 0 Å². The Labute approximate surface area is 167 Å². The van der Waals surface area contributed by atoms with Gasteiger partial charge in [0.2, 0.25) is 0 Å². The van der Waals surface area contributed by atoms with Crippen molar-refractivity contribution < 1.29 is 9.90 Å². The number of aromatic nitrogens is 4. The minimum Gasteiger partial charge on any atom is -0.393 e. The van der Waals surface area contributed by atoms with E-state index in [9.17, 15) is 9.90 Å². The second kappa shape index (κ2) is 6.61. The summed E-state index contributed by atoms with van der Waals surface area (Å²) < 4.78 is 0. The second-order valence-electron chi connectivity index (χ2n) is 10.7. The molecule has 8 atom stereocenters. The Morgan fingerprint density at radius 3 is 2.64 bits per heavy atom. The number of rotatable bonds is 3. The minimum absolute atomic E-state index is 0.0811. The van der Waals surface area contributed by atoms with Crippen LogP contribution in [0.2, 0.25) is 0 Å². The number of ketones is 1. The molecule has 0 aliphatic heterocycles. The van der Waals surface area contributed by atoms with Crippen LogP contribution in [-0.2, 0) is 11.3 Å². The Kier molecular flexibility index (Phi) is 4.42. The normalized spacial score (nSPS) is 47.8. The summed E-state index contributed by atoms with van der Waals surface area (Å²) in [5, 5.41) is 21.9. The number of aliphatic hydroxyl groups excluding tert-OH is 1. The Bertz CT molecular complexity index is 737. The maximum atomic E-state index is 13.1. The highest BCUT2D eigenvalue weighted by Gasteiger charge is 2.61. The molecule has 4 aliphatic carbocycles. The van der Waals surface area contributed by atoms with Crippen LogP contribution in [0.15, 0.2) is 6.33 Å². The first-order valence-corrected chi connectivity index (χ1v) is 11.3. The van der Waals surface area contributed by atoms with Crippen molar-refractivity contribution in [3.63, 3.8) is 0 Å². The molecule has 1 aromatic heterocycles. The lowest BCUT2D eigenvalue weighted by Crippen LogP contribution is -2.54. The molecule has 6 heteroatoms. The van der Waals surface area contributed by atoms with Crippen LogP contribution in [0.5, 0.6) is 0 Å². The SMILES string of the molecule is C[C@]12CC[C@@H](O)C[C@H]1CC[C@@H]1[C@@H]2CC[C@]2(C)[C@@H](C(=O)Cn3ncnn3)CC[C@@H]12. The van der Waals surface area contributed by atoms with Crippen LogP contribution in [-0.4, -0.2) is 37.2 Å². The number of tetrazole rings is 1. The average molecular weight is 387 g/mol. The van der Waals surface area contributed by atoms with E-state index in [1.165, 1.54) is 49.6 Å². The van der Waals surface area contributed by atoms with Crippen molar-refractivity contribution in [2.75, 3.05) is 0 Å². The molecule has 5 rings (SSSR count). The lowest BCUT2D eigenvalue weighted by molar-refractivity contribution is -0.140. The smallest absolute Gasteiger partial charge is 0.162 e. The lowest BCUT2D eigenvalue weighted by atomic mass is 9.44. The lowest BCUT2D eigenvalue weighted by Gasteiger charge is -2.60. The summed E-state index contributed by atoms with van der Waals surface area (Å²) in [6.07, 6.45) is 11.7. The van der Waals surface area contributed by atoms with Gasteiger partial charge in [0.1, 0.15) is 6.54 Å². The van der Waals surface area contributed by atoms with E-state index in [1.807, 2.05) is 0 Å². The van der Waals surface area contributed by atoms with Gasteiger partial charge in [-0.3, -0.25) is 4.79 Å². The van der Waals surface area contributed by atoms with Gasteiger partial charge in [0.25, 0.3) is 0 Å². The molecule has 28 heavy (non-hydrogen) atoms. The summed E-state index contributed by atoms with van der Waals surface area (Å²) >= 11 is 0. The first-order chi connectivity index (χ1) is 13.4. The van der Waals surface area contributed by atoms with Gasteiger partial charge in [-0.25, -0.2) is 0 Å². The molecule has 154 valence electrons. The van der Waals surface area contributed by atoms with E-state index in [4.69, 9.17) is 0 Å². The number of Topliss-reactive ketones (excluding diaryl/α,β-unsaturated/α-hetero) is 1. The monoisotopic (exact) mass is 386 g/mol. The van der Waals surface area contributed by atoms with Crippen molar-refractivity contribution in [1.82, 2.24) is 20.2 Å².